The summed E-state index contributed by atoms with van der Waals surface area (Å²) in [6.07, 6.45) is 0. The molecule has 0 fully saturated rings. The number of carbonyl (C=O) groups excluding carboxylic acids is 2. The summed E-state index contributed by atoms with van der Waals surface area (Å²) in [4.78, 5) is 23.8. The van der Waals surface area contributed by atoms with Gasteiger partial charge in [-0.1, -0.05) is 56.3 Å². The van der Waals surface area contributed by atoms with Crippen LogP contribution >= 0.6 is 12.4 Å². The minimum atomic E-state index is -0.684. The highest BCUT2D eigenvalue weighted by molar-refractivity contribution is 5.92. The highest BCUT2D eigenvalue weighted by atomic mass is 35.5. The Bertz CT molecular complexity index is 688. The summed E-state index contributed by atoms with van der Waals surface area (Å²) in [6.45, 7) is 4.07. The van der Waals surface area contributed by atoms with Crippen molar-refractivity contribution in [3.8, 4) is 0 Å². The molecule has 0 spiro atoms. The van der Waals surface area contributed by atoms with Gasteiger partial charge in [-0.25, -0.2) is 0 Å². The Morgan fingerprint density at radius 3 is 2.12 bits per heavy atom. The quantitative estimate of drug-likeness (QED) is 0.739. The molecule has 0 aromatic heterocycles. The zero-order valence-corrected chi connectivity index (χ0v) is 15.2. The van der Waals surface area contributed by atoms with Gasteiger partial charge in [-0.05, 0) is 23.3 Å². The van der Waals surface area contributed by atoms with Crippen molar-refractivity contribution in [3.63, 3.8) is 0 Å². The molecule has 2 amide bonds. The van der Waals surface area contributed by atoms with Crippen LogP contribution in [-0.2, 0) is 16.1 Å². The van der Waals surface area contributed by atoms with Crippen molar-refractivity contribution in [1.82, 2.24) is 5.32 Å². The zero-order chi connectivity index (χ0) is 17.5. The molecule has 0 heterocycles. The average molecular weight is 362 g/mol. The number of nitrogens with one attached hydrogen (secondary N) is 2. The molecule has 0 saturated heterocycles. The number of hydrogen-bond donors (Lipinski definition) is 3. The maximum atomic E-state index is 12.1. The van der Waals surface area contributed by atoms with Crippen LogP contribution in [0.4, 0.5) is 5.69 Å². The summed E-state index contributed by atoms with van der Waals surface area (Å²) < 4.78 is 0. The first kappa shape index (κ1) is 20.7. The molecule has 0 bridgehead atoms. The second kappa shape index (κ2) is 9.81. The summed E-state index contributed by atoms with van der Waals surface area (Å²) in [5.41, 5.74) is 8.41. The summed E-state index contributed by atoms with van der Waals surface area (Å²) in [5, 5.41) is 5.65. The van der Waals surface area contributed by atoms with Crippen molar-refractivity contribution in [3.05, 3.63) is 65.7 Å². The zero-order valence-electron chi connectivity index (χ0n) is 14.4. The molecule has 4 N–H and O–H groups in total. The van der Waals surface area contributed by atoms with Crippen molar-refractivity contribution < 1.29 is 9.59 Å². The second-order valence-corrected chi connectivity index (χ2v) is 5.95. The van der Waals surface area contributed by atoms with Gasteiger partial charge in [0.25, 0.3) is 0 Å². The highest BCUT2D eigenvalue weighted by Crippen LogP contribution is 2.12. The van der Waals surface area contributed by atoms with Gasteiger partial charge < -0.3 is 16.4 Å². The van der Waals surface area contributed by atoms with Gasteiger partial charge in [-0.2, -0.15) is 0 Å². The van der Waals surface area contributed by atoms with E-state index in [0.29, 0.717) is 6.54 Å². The Kier molecular flexibility index (Phi) is 8.11. The lowest BCUT2D eigenvalue weighted by atomic mass is 10.1. The SMILES string of the molecule is CC(C)C(=O)Nc1ccc(CNC(=O)C(N)c2ccccc2)cc1.Cl. The number of anilines is 1. The Morgan fingerprint density at radius 2 is 1.56 bits per heavy atom. The van der Waals surface area contributed by atoms with Crippen LogP contribution in [0.2, 0.25) is 0 Å². The molecule has 2 rings (SSSR count). The maximum absolute atomic E-state index is 12.1. The Balaban J connectivity index is 0.00000312. The average Bonchev–Trinajstić information content (AvgIpc) is 2.60. The van der Waals surface area contributed by atoms with E-state index in [1.807, 2.05) is 68.4 Å². The van der Waals surface area contributed by atoms with Gasteiger partial charge in [-0.15, -0.1) is 12.4 Å². The van der Waals surface area contributed by atoms with Crippen molar-refractivity contribution in [2.75, 3.05) is 5.32 Å². The summed E-state index contributed by atoms with van der Waals surface area (Å²) in [6, 6.07) is 15.9. The molecule has 5 nitrogen and oxygen atoms in total. The number of nitrogens with two attached hydrogens (primary N) is 1. The van der Waals surface area contributed by atoms with E-state index in [2.05, 4.69) is 10.6 Å². The van der Waals surface area contributed by atoms with Gasteiger partial charge in [0.05, 0.1) is 0 Å². The lowest BCUT2D eigenvalue weighted by Crippen LogP contribution is -2.33. The number of amides is 2. The second-order valence-electron chi connectivity index (χ2n) is 5.95. The Labute approximate surface area is 154 Å². The molecule has 25 heavy (non-hydrogen) atoms. The van der Waals surface area contributed by atoms with Crippen LogP contribution in [0.1, 0.15) is 31.0 Å². The summed E-state index contributed by atoms with van der Waals surface area (Å²) in [5.74, 6) is -0.313. The molecular formula is C19H24ClN3O2. The smallest absolute Gasteiger partial charge is 0.241 e. The van der Waals surface area contributed by atoms with Crippen LogP contribution in [0.15, 0.2) is 54.6 Å². The summed E-state index contributed by atoms with van der Waals surface area (Å²) in [7, 11) is 0. The molecule has 2 aromatic rings. The van der Waals surface area contributed by atoms with Crippen LogP contribution in [0.5, 0.6) is 0 Å². The van der Waals surface area contributed by atoms with Gasteiger partial charge in [0.15, 0.2) is 0 Å². The van der Waals surface area contributed by atoms with E-state index in [4.69, 9.17) is 5.73 Å². The van der Waals surface area contributed by atoms with Crippen LogP contribution in [0.3, 0.4) is 0 Å². The number of rotatable bonds is 6. The number of carbonyl (C=O) groups is 2. The molecule has 0 aliphatic carbocycles. The molecule has 0 aliphatic rings. The molecule has 134 valence electrons. The van der Waals surface area contributed by atoms with Crippen molar-refractivity contribution >= 4 is 29.9 Å². The van der Waals surface area contributed by atoms with Gasteiger partial charge in [0, 0.05) is 18.2 Å². The first-order valence-corrected chi connectivity index (χ1v) is 7.95. The van der Waals surface area contributed by atoms with E-state index in [1.165, 1.54) is 0 Å². The fourth-order valence-electron chi connectivity index (χ4n) is 2.10. The number of hydrogen-bond acceptors (Lipinski definition) is 3. The lowest BCUT2D eigenvalue weighted by molar-refractivity contribution is -0.122. The Morgan fingerprint density at radius 1 is 0.960 bits per heavy atom. The molecular weight excluding hydrogens is 338 g/mol. The molecule has 1 atom stereocenters. The molecule has 2 aromatic carbocycles. The van der Waals surface area contributed by atoms with E-state index in [1.54, 1.807) is 0 Å². The third kappa shape index (κ3) is 6.21. The highest BCUT2D eigenvalue weighted by Gasteiger charge is 2.14. The minimum Gasteiger partial charge on any atom is -0.350 e. The molecule has 0 aliphatic heterocycles. The topological polar surface area (TPSA) is 84.2 Å². The van der Waals surface area contributed by atoms with E-state index >= 15 is 0 Å². The van der Waals surface area contributed by atoms with Gasteiger partial charge >= 0.3 is 0 Å². The van der Waals surface area contributed by atoms with Crippen molar-refractivity contribution in [2.45, 2.75) is 26.4 Å². The van der Waals surface area contributed by atoms with E-state index in [9.17, 15) is 9.59 Å². The molecule has 6 heteroatoms. The third-order valence-electron chi connectivity index (χ3n) is 3.65. The largest absolute Gasteiger partial charge is 0.350 e. The first-order chi connectivity index (χ1) is 11.5. The fourth-order valence-corrected chi connectivity index (χ4v) is 2.10. The van der Waals surface area contributed by atoms with Gasteiger partial charge in [-0.3, -0.25) is 9.59 Å². The van der Waals surface area contributed by atoms with Gasteiger partial charge in [0.1, 0.15) is 6.04 Å². The van der Waals surface area contributed by atoms with Crippen LogP contribution in [0.25, 0.3) is 0 Å². The van der Waals surface area contributed by atoms with Crippen LogP contribution < -0.4 is 16.4 Å². The normalized spacial score (nSPS) is 11.4. The number of halogens is 1. The lowest BCUT2D eigenvalue weighted by Gasteiger charge is -2.13. The molecule has 1 unspecified atom stereocenters. The molecule has 0 saturated carbocycles. The van der Waals surface area contributed by atoms with E-state index in [-0.39, 0.29) is 30.1 Å². The Hall–Kier alpha value is -2.37. The van der Waals surface area contributed by atoms with Crippen molar-refractivity contribution in [1.29, 1.82) is 0 Å². The maximum Gasteiger partial charge on any atom is 0.241 e. The van der Waals surface area contributed by atoms with E-state index < -0.39 is 6.04 Å². The predicted molar refractivity (Wildman–Crippen MR) is 102 cm³/mol. The predicted octanol–water partition coefficient (Wildman–Crippen LogP) is 3.02. The van der Waals surface area contributed by atoms with Crippen LogP contribution in [0, 0.1) is 5.92 Å². The monoisotopic (exact) mass is 361 g/mol. The fraction of sp³-hybridized carbons (Fsp3) is 0.263. The molecule has 0 radical (unpaired) electrons. The van der Waals surface area contributed by atoms with Gasteiger partial charge in [0.2, 0.25) is 11.8 Å². The standard InChI is InChI=1S/C19H23N3O2.ClH/c1-13(2)18(23)22-16-10-8-14(9-11-16)12-21-19(24)17(20)15-6-4-3-5-7-15;/h3-11,13,17H,12,20H2,1-2H3,(H,21,24)(H,22,23);1H. The third-order valence-corrected chi connectivity index (χ3v) is 3.65. The summed E-state index contributed by atoms with van der Waals surface area (Å²) >= 11 is 0. The van der Waals surface area contributed by atoms with E-state index in [0.717, 1.165) is 16.8 Å². The van der Waals surface area contributed by atoms with Crippen LogP contribution in [-0.4, -0.2) is 11.8 Å². The minimum absolute atomic E-state index is 0. The first-order valence-electron chi connectivity index (χ1n) is 7.95. The number of benzene rings is 2. The van der Waals surface area contributed by atoms with Crippen molar-refractivity contribution in [2.24, 2.45) is 11.7 Å².